The molecule has 0 aliphatic rings. The van der Waals surface area contributed by atoms with Crippen LogP contribution in [0.1, 0.15) is 5.69 Å². The van der Waals surface area contributed by atoms with Crippen molar-refractivity contribution in [3.05, 3.63) is 71.6 Å². The summed E-state index contributed by atoms with van der Waals surface area (Å²) < 4.78 is 26.1. The fourth-order valence-corrected chi connectivity index (χ4v) is 3.90. The zero-order valence-corrected chi connectivity index (χ0v) is 17.1. The molecule has 0 unspecified atom stereocenters. The minimum absolute atomic E-state index is 0.124. The van der Waals surface area contributed by atoms with Gasteiger partial charge in [0.2, 0.25) is 5.91 Å². The maximum Gasteiger partial charge on any atom is 0.230 e. The van der Waals surface area contributed by atoms with Gasteiger partial charge in [-0.15, -0.1) is 11.3 Å². The van der Waals surface area contributed by atoms with Crippen LogP contribution in [0.25, 0.3) is 16.2 Å². The topological polar surface area (TPSA) is 64.9 Å². The first-order valence-corrected chi connectivity index (χ1v) is 10.2. The maximum absolute atomic E-state index is 13.7. The largest absolute Gasteiger partial charge is 0.489 e. The molecule has 0 saturated carbocycles. The number of methoxy groups -OCH3 is 1. The Kier molecular flexibility index (Phi) is 6.06. The minimum atomic E-state index is -0.454. The van der Waals surface area contributed by atoms with Gasteiger partial charge in [0.05, 0.1) is 24.4 Å². The number of benzene rings is 2. The van der Waals surface area contributed by atoms with Gasteiger partial charge in [-0.2, -0.15) is 0 Å². The molecule has 1 N–H and O–H groups in total. The van der Waals surface area contributed by atoms with Crippen LogP contribution < -0.4 is 10.1 Å². The monoisotopic (exact) mass is 425 g/mol. The van der Waals surface area contributed by atoms with Crippen LogP contribution in [0.2, 0.25) is 0 Å². The Labute approximate surface area is 176 Å². The van der Waals surface area contributed by atoms with Crippen molar-refractivity contribution < 1.29 is 18.7 Å². The second-order valence-electron chi connectivity index (χ2n) is 6.58. The van der Waals surface area contributed by atoms with Gasteiger partial charge in [0, 0.05) is 36.0 Å². The summed E-state index contributed by atoms with van der Waals surface area (Å²) >= 11 is 1.47. The van der Waals surface area contributed by atoms with Gasteiger partial charge in [0.25, 0.3) is 0 Å². The van der Waals surface area contributed by atoms with Gasteiger partial charge in [-0.25, -0.2) is 9.37 Å². The second-order valence-corrected chi connectivity index (χ2v) is 7.42. The number of thiazole rings is 1. The molecule has 0 aliphatic heterocycles. The standard InChI is InChI=1S/C22H20FN3O3S/c1-28-9-10-29-20-8-7-16(23)11-18(20)24-21(27)12-17-14-30-22-25-19(13-26(17)22)15-5-3-2-4-6-15/h2-8,11,13-14H,9-10,12H2,1H3,(H,24,27). The highest BCUT2D eigenvalue weighted by atomic mass is 32.1. The fraction of sp³-hybridized carbons (Fsp3) is 0.182. The number of fused-ring (bicyclic) bond motifs is 1. The van der Waals surface area contributed by atoms with Crippen molar-refractivity contribution in [2.24, 2.45) is 0 Å². The van der Waals surface area contributed by atoms with E-state index in [0.717, 1.165) is 21.9 Å². The molecule has 4 aromatic rings. The molecule has 4 rings (SSSR count). The summed E-state index contributed by atoms with van der Waals surface area (Å²) in [6, 6.07) is 13.9. The highest BCUT2D eigenvalue weighted by Gasteiger charge is 2.15. The predicted octanol–water partition coefficient (Wildman–Crippen LogP) is 4.41. The Morgan fingerprint density at radius 2 is 2.03 bits per heavy atom. The normalized spacial score (nSPS) is 11.0. The van der Waals surface area contributed by atoms with Gasteiger partial charge in [-0.05, 0) is 12.1 Å². The predicted molar refractivity (Wildman–Crippen MR) is 115 cm³/mol. The van der Waals surface area contributed by atoms with Crippen molar-refractivity contribution in [1.29, 1.82) is 0 Å². The van der Waals surface area contributed by atoms with Gasteiger partial charge >= 0.3 is 0 Å². The molecule has 2 aromatic heterocycles. The van der Waals surface area contributed by atoms with Crippen LogP contribution in [0, 0.1) is 5.82 Å². The molecule has 0 bridgehead atoms. The maximum atomic E-state index is 13.7. The van der Waals surface area contributed by atoms with E-state index < -0.39 is 5.82 Å². The number of amides is 1. The third-order valence-electron chi connectivity index (χ3n) is 4.46. The van der Waals surface area contributed by atoms with Gasteiger partial charge < -0.3 is 14.8 Å². The van der Waals surface area contributed by atoms with E-state index in [-0.39, 0.29) is 18.0 Å². The number of hydrogen-bond acceptors (Lipinski definition) is 5. The van der Waals surface area contributed by atoms with Crippen molar-refractivity contribution >= 4 is 27.9 Å². The van der Waals surface area contributed by atoms with Crippen molar-refractivity contribution in [3.63, 3.8) is 0 Å². The van der Waals surface area contributed by atoms with Crippen LogP contribution in [0.4, 0.5) is 10.1 Å². The molecule has 0 saturated heterocycles. The van der Waals surface area contributed by atoms with E-state index >= 15 is 0 Å². The number of rotatable bonds is 8. The van der Waals surface area contributed by atoms with E-state index in [0.29, 0.717) is 19.0 Å². The molecular weight excluding hydrogens is 405 g/mol. The molecular formula is C22H20FN3O3S. The van der Waals surface area contributed by atoms with Crippen LogP contribution in [0.15, 0.2) is 60.1 Å². The molecule has 6 nitrogen and oxygen atoms in total. The quantitative estimate of drug-likeness (QED) is 0.425. The summed E-state index contributed by atoms with van der Waals surface area (Å²) in [4.78, 5) is 18.1. The molecule has 30 heavy (non-hydrogen) atoms. The van der Waals surface area contributed by atoms with Crippen LogP contribution in [-0.2, 0) is 16.0 Å². The second kappa shape index (κ2) is 9.06. The average Bonchev–Trinajstić information content (AvgIpc) is 3.32. The summed E-state index contributed by atoms with van der Waals surface area (Å²) in [7, 11) is 1.57. The lowest BCUT2D eigenvalue weighted by molar-refractivity contribution is -0.115. The van der Waals surface area contributed by atoms with Gasteiger partial charge in [0.1, 0.15) is 18.2 Å². The lowest BCUT2D eigenvalue weighted by Crippen LogP contribution is -2.16. The third kappa shape index (κ3) is 4.50. The molecule has 154 valence electrons. The van der Waals surface area contributed by atoms with Crippen LogP contribution in [0.3, 0.4) is 0 Å². The number of nitrogens with zero attached hydrogens (tertiary/aromatic N) is 2. The fourth-order valence-electron chi connectivity index (χ4n) is 3.02. The number of imidazole rings is 1. The first-order chi connectivity index (χ1) is 14.6. The van der Waals surface area contributed by atoms with E-state index in [4.69, 9.17) is 9.47 Å². The summed E-state index contributed by atoms with van der Waals surface area (Å²) in [5, 5.41) is 4.65. The Hall–Kier alpha value is -3.23. The van der Waals surface area contributed by atoms with E-state index in [1.54, 1.807) is 7.11 Å². The van der Waals surface area contributed by atoms with Crippen LogP contribution in [0.5, 0.6) is 5.75 Å². The molecule has 0 aliphatic carbocycles. The summed E-state index contributed by atoms with van der Waals surface area (Å²) in [6.07, 6.45) is 2.05. The number of halogens is 1. The van der Waals surface area contributed by atoms with E-state index in [1.807, 2.05) is 46.3 Å². The van der Waals surface area contributed by atoms with Crippen LogP contribution in [-0.4, -0.2) is 35.6 Å². The third-order valence-corrected chi connectivity index (χ3v) is 5.34. The Morgan fingerprint density at radius 3 is 2.83 bits per heavy atom. The van der Waals surface area contributed by atoms with E-state index in [9.17, 15) is 9.18 Å². The summed E-state index contributed by atoms with van der Waals surface area (Å²) in [6.45, 7) is 0.690. The van der Waals surface area contributed by atoms with Crippen molar-refractivity contribution in [2.45, 2.75) is 6.42 Å². The Morgan fingerprint density at radius 1 is 1.20 bits per heavy atom. The summed E-state index contributed by atoms with van der Waals surface area (Å²) in [5.74, 6) is -0.331. The number of nitrogens with one attached hydrogen (secondary N) is 1. The molecule has 0 atom stereocenters. The molecule has 0 fully saturated rings. The SMILES string of the molecule is COCCOc1ccc(F)cc1NC(=O)Cc1csc2nc(-c3ccccc3)cn12. The number of anilines is 1. The van der Waals surface area contributed by atoms with Crippen molar-refractivity contribution in [1.82, 2.24) is 9.38 Å². The number of ether oxygens (including phenoxy) is 2. The minimum Gasteiger partial charge on any atom is -0.489 e. The average molecular weight is 425 g/mol. The lowest BCUT2D eigenvalue weighted by atomic mass is 10.2. The lowest BCUT2D eigenvalue weighted by Gasteiger charge is -2.12. The number of hydrogen-bond donors (Lipinski definition) is 1. The molecule has 1 amide bonds. The van der Waals surface area contributed by atoms with Gasteiger partial charge in [-0.1, -0.05) is 30.3 Å². The first kappa shape index (κ1) is 20.1. The van der Waals surface area contributed by atoms with Gasteiger partial charge in [-0.3, -0.25) is 9.20 Å². The van der Waals surface area contributed by atoms with Crippen molar-refractivity contribution in [2.75, 3.05) is 25.6 Å². The van der Waals surface area contributed by atoms with Crippen LogP contribution >= 0.6 is 11.3 Å². The highest BCUT2D eigenvalue weighted by Crippen LogP contribution is 2.27. The zero-order valence-electron chi connectivity index (χ0n) is 16.3. The molecule has 0 radical (unpaired) electrons. The molecule has 2 aromatic carbocycles. The smallest absolute Gasteiger partial charge is 0.230 e. The molecule has 0 spiro atoms. The summed E-state index contributed by atoms with van der Waals surface area (Å²) in [5.41, 5.74) is 2.96. The first-order valence-electron chi connectivity index (χ1n) is 9.36. The number of carbonyl (C=O) groups excluding carboxylic acids is 1. The number of carbonyl (C=O) groups is 1. The zero-order chi connectivity index (χ0) is 20.9. The molecule has 8 heteroatoms. The van der Waals surface area contributed by atoms with Gasteiger partial charge in [0.15, 0.2) is 4.96 Å². The molecule has 2 heterocycles. The van der Waals surface area contributed by atoms with E-state index in [2.05, 4.69) is 10.3 Å². The van der Waals surface area contributed by atoms with Crippen molar-refractivity contribution in [3.8, 4) is 17.0 Å². The Balaban J connectivity index is 1.50. The number of aromatic nitrogens is 2. The highest BCUT2D eigenvalue weighted by molar-refractivity contribution is 7.15. The van der Waals surface area contributed by atoms with E-state index in [1.165, 1.54) is 29.5 Å². The Bertz CT molecular complexity index is 1160.